The molecule has 0 bridgehead atoms. The van der Waals surface area contributed by atoms with E-state index >= 15 is 0 Å². The summed E-state index contributed by atoms with van der Waals surface area (Å²) in [7, 11) is -8.66. The molecule has 6 nitrogen and oxygen atoms in total. The zero-order valence-corrected chi connectivity index (χ0v) is 32.6. The van der Waals surface area contributed by atoms with Crippen molar-refractivity contribution < 1.29 is 25.9 Å². The van der Waals surface area contributed by atoms with Gasteiger partial charge in [0.1, 0.15) is 20.2 Å². The van der Waals surface area contributed by atoms with E-state index in [0.717, 1.165) is 36.8 Å². The normalized spacial score (nSPS) is 11.5. The van der Waals surface area contributed by atoms with Crippen molar-refractivity contribution in [2.45, 2.75) is 178 Å². The van der Waals surface area contributed by atoms with Gasteiger partial charge in [0, 0.05) is 0 Å². The van der Waals surface area contributed by atoms with Crippen LogP contribution in [-0.2, 0) is 33.1 Å². The molecule has 0 unspecified atom stereocenters. The Bertz CT molecular complexity index is 1150. The van der Waals surface area contributed by atoms with Crippen LogP contribution in [0.15, 0.2) is 58.3 Å². The number of benzene rings is 2. The first-order valence-electron chi connectivity index (χ1n) is 18.2. The molecule has 0 spiro atoms. The number of unbranched alkanes of at least 4 members (excludes halogenated alkanes) is 20. The molecule has 0 aliphatic heterocycles. The van der Waals surface area contributed by atoms with Crippen LogP contribution in [-0.4, -0.2) is 49.0 Å². The molecule has 0 heterocycles. The van der Waals surface area contributed by atoms with Gasteiger partial charge in [-0.1, -0.05) is 167 Å². The number of aryl methyl sites for hydroxylation is 2. The summed E-state index contributed by atoms with van der Waals surface area (Å²) in [6.07, 6.45) is 30.2. The first-order chi connectivity index (χ1) is 22.1. The molecular formula is C38H62MgO6S2. The Morgan fingerprint density at radius 3 is 0.936 bits per heavy atom. The molecule has 9 heteroatoms. The van der Waals surface area contributed by atoms with Gasteiger partial charge >= 0.3 is 23.1 Å². The Balaban J connectivity index is 0.000000882. The molecular weight excluding hydrogens is 641 g/mol. The molecule has 0 amide bonds. The second-order valence-corrected chi connectivity index (χ2v) is 15.5. The molecule has 0 saturated carbocycles. The van der Waals surface area contributed by atoms with Crippen LogP contribution in [0.5, 0.6) is 0 Å². The minimum atomic E-state index is -4.33. The molecule has 2 aromatic carbocycles. The van der Waals surface area contributed by atoms with E-state index in [-0.39, 0.29) is 32.8 Å². The Morgan fingerprint density at radius 1 is 0.426 bits per heavy atom. The van der Waals surface area contributed by atoms with Gasteiger partial charge in [-0.05, 0) is 61.1 Å². The summed E-state index contributed by atoms with van der Waals surface area (Å²) < 4.78 is 65.9. The number of hydrogen-bond acceptors (Lipinski definition) is 6. The van der Waals surface area contributed by atoms with E-state index in [1.165, 1.54) is 153 Å². The summed E-state index contributed by atoms with van der Waals surface area (Å²) in [6.45, 7) is 4.49. The Kier molecular flexibility index (Phi) is 28.2. The van der Waals surface area contributed by atoms with Gasteiger partial charge in [0.05, 0.1) is 9.79 Å². The van der Waals surface area contributed by atoms with E-state index in [1.807, 2.05) is 12.1 Å². The molecule has 264 valence electrons. The van der Waals surface area contributed by atoms with Gasteiger partial charge in [0.15, 0.2) is 0 Å². The number of rotatable bonds is 26. The van der Waals surface area contributed by atoms with Crippen molar-refractivity contribution in [2.24, 2.45) is 0 Å². The van der Waals surface area contributed by atoms with Crippen LogP contribution in [0.1, 0.15) is 166 Å². The van der Waals surface area contributed by atoms with Gasteiger partial charge in [0.2, 0.25) is 0 Å². The zero-order chi connectivity index (χ0) is 33.9. The van der Waals surface area contributed by atoms with Crippen LogP contribution in [0.25, 0.3) is 0 Å². The van der Waals surface area contributed by atoms with Crippen molar-refractivity contribution in [3.8, 4) is 0 Å². The zero-order valence-electron chi connectivity index (χ0n) is 29.6. The van der Waals surface area contributed by atoms with Gasteiger partial charge in [-0.25, -0.2) is 16.8 Å². The van der Waals surface area contributed by atoms with Gasteiger partial charge in [-0.3, -0.25) is 0 Å². The SMILES string of the molecule is CCCCCCCCCCCCCc1cccc(S(=O)(=O)[O-])c1.CCCCCCCCCCCCCc1cccc(S(=O)(=O)[O-])c1.[Mg+2]. The van der Waals surface area contributed by atoms with Crippen molar-refractivity contribution in [2.75, 3.05) is 0 Å². The van der Waals surface area contributed by atoms with Gasteiger partial charge in [-0.2, -0.15) is 0 Å². The van der Waals surface area contributed by atoms with E-state index in [9.17, 15) is 25.9 Å². The third kappa shape index (κ3) is 25.6. The molecule has 47 heavy (non-hydrogen) atoms. The Labute approximate surface area is 305 Å². The number of hydrogen-bond donors (Lipinski definition) is 0. The second kappa shape index (κ2) is 28.8. The predicted molar refractivity (Wildman–Crippen MR) is 195 cm³/mol. The Morgan fingerprint density at radius 2 is 0.681 bits per heavy atom. The summed E-state index contributed by atoms with van der Waals surface area (Å²) in [6, 6.07) is 12.9. The van der Waals surface area contributed by atoms with Crippen molar-refractivity contribution >= 4 is 43.3 Å². The van der Waals surface area contributed by atoms with Crippen molar-refractivity contribution in [3.63, 3.8) is 0 Å². The topological polar surface area (TPSA) is 114 Å². The van der Waals surface area contributed by atoms with Gasteiger partial charge < -0.3 is 9.11 Å². The van der Waals surface area contributed by atoms with Gasteiger partial charge in [-0.15, -0.1) is 0 Å². The third-order valence-electron chi connectivity index (χ3n) is 8.51. The van der Waals surface area contributed by atoms with E-state index in [2.05, 4.69) is 13.8 Å². The summed E-state index contributed by atoms with van der Waals surface area (Å²) in [5.41, 5.74) is 1.88. The first-order valence-corrected chi connectivity index (χ1v) is 21.0. The summed E-state index contributed by atoms with van der Waals surface area (Å²) in [4.78, 5) is -0.226. The maximum atomic E-state index is 11.0. The van der Waals surface area contributed by atoms with E-state index in [0.29, 0.717) is 0 Å². The van der Waals surface area contributed by atoms with Crippen LogP contribution >= 0.6 is 0 Å². The fraction of sp³-hybridized carbons (Fsp3) is 0.684. The molecule has 0 aromatic heterocycles. The van der Waals surface area contributed by atoms with Crippen molar-refractivity contribution in [3.05, 3.63) is 59.7 Å². The van der Waals surface area contributed by atoms with Crippen molar-refractivity contribution in [1.29, 1.82) is 0 Å². The predicted octanol–water partition coefficient (Wildman–Crippen LogP) is 10.5. The Hall–Kier alpha value is -0.974. The standard InChI is InChI=1S/2C19H32O3S.Mg/c2*1-2-3-4-5-6-7-8-9-10-11-12-14-18-15-13-16-19(17-18)23(20,21)22;/h2*13,15-17H,2-12,14H2,1H3,(H,20,21,22);/q;;+2/p-2. The van der Waals surface area contributed by atoms with Gasteiger partial charge in [0.25, 0.3) is 0 Å². The van der Waals surface area contributed by atoms with E-state index in [1.54, 1.807) is 12.1 Å². The molecule has 0 N–H and O–H groups in total. The fourth-order valence-corrected chi connectivity index (χ4v) is 6.78. The minimum absolute atomic E-state index is 0. The molecule has 0 radical (unpaired) electrons. The maximum Gasteiger partial charge on any atom is 2.00 e. The quantitative estimate of drug-likeness (QED) is 0.0547. The minimum Gasteiger partial charge on any atom is -0.744 e. The molecule has 0 saturated heterocycles. The van der Waals surface area contributed by atoms with Crippen LogP contribution in [0.4, 0.5) is 0 Å². The van der Waals surface area contributed by atoms with E-state index in [4.69, 9.17) is 0 Å². The average molecular weight is 703 g/mol. The second-order valence-electron chi connectivity index (χ2n) is 12.8. The van der Waals surface area contributed by atoms with E-state index < -0.39 is 20.2 Å². The van der Waals surface area contributed by atoms with Crippen LogP contribution in [0.3, 0.4) is 0 Å². The largest absolute Gasteiger partial charge is 2.00 e. The molecule has 0 atom stereocenters. The fourth-order valence-electron chi connectivity index (χ4n) is 5.70. The van der Waals surface area contributed by atoms with Crippen LogP contribution < -0.4 is 0 Å². The summed E-state index contributed by atoms with van der Waals surface area (Å²) >= 11 is 0. The molecule has 0 fully saturated rings. The third-order valence-corrected chi connectivity index (χ3v) is 10.2. The average Bonchev–Trinajstić information content (AvgIpc) is 3.02. The van der Waals surface area contributed by atoms with Crippen LogP contribution in [0.2, 0.25) is 0 Å². The van der Waals surface area contributed by atoms with Crippen molar-refractivity contribution in [1.82, 2.24) is 0 Å². The molecule has 2 aromatic rings. The molecule has 0 aliphatic carbocycles. The summed E-state index contributed by atoms with van der Waals surface area (Å²) in [5, 5.41) is 0. The maximum absolute atomic E-state index is 11.0. The van der Waals surface area contributed by atoms with Crippen LogP contribution in [0, 0.1) is 0 Å². The summed E-state index contributed by atoms with van der Waals surface area (Å²) in [5.74, 6) is 0. The first kappa shape index (κ1) is 46.0. The molecule has 2 rings (SSSR count). The smallest absolute Gasteiger partial charge is 0.744 e. The molecule has 0 aliphatic rings. The monoisotopic (exact) mass is 702 g/mol.